The quantitative estimate of drug-likeness (QED) is 0.693. The van der Waals surface area contributed by atoms with Gasteiger partial charge < -0.3 is 0 Å². The lowest BCUT2D eigenvalue weighted by atomic mass is 9.83. The number of hydrogen-bond acceptors (Lipinski definition) is 0. The Balaban J connectivity index is 1.79. The van der Waals surface area contributed by atoms with Gasteiger partial charge in [0.1, 0.15) is 5.82 Å². The van der Waals surface area contributed by atoms with Crippen LogP contribution in [-0.4, -0.2) is 0 Å². The molecular formula is C19H21F. The summed E-state index contributed by atoms with van der Waals surface area (Å²) in [6, 6.07) is 15.8. The van der Waals surface area contributed by atoms with Crippen LogP contribution < -0.4 is 0 Å². The van der Waals surface area contributed by atoms with Gasteiger partial charge in [-0.25, -0.2) is 4.39 Å². The Labute approximate surface area is 120 Å². The zero-order chi connectivity index (χ0) is 13.8. The average Bonchev–Trinajstić information content (AvgIpc) is 2.51. The first kappa shape index (κ1) is 13.4. The van der Waals surface area contributed by atoms with Gasteiger partial charge in [-0.1, -0.05) is 61.7 Å². The molecule has 0 N–H and O–H groups in total. The fraction of sp³-hybridized carbons (Fsp3) is 0.368. The molecule has 0 radical (unpaired) electrons. The highest BCUT2D eigenvalue weighted by molar-refractivity contribution is 5.31. The van der Waals surface area contributed by atoms with Crippen molar-refractivity contribution in [1.82, 2.24) is 0 Å². The highest BCUT2D eigenvalue weighted by atomic mass is 19.1. The second kappa shape index (κ2) is 6.21. The van der Waals surface area contributed by atoms with Gasteiger partial charge in [0.25, 0.3) is 0 Å². The number of rotatable bonds is 3. The van der Waals surface area contributed by atoms with Gasteiger partial charge in [0, 0.05) is 6.42 Å². The van der Waals surface area contributed by atoms with Crippen molar-refractivity contribution < 1.29 is 4.39 Å². The minimum Gasteiger partial charge on any atom is -0.207 e. The van der Waals surface area contributed by atoms with Gasteiger partial charge in [-0.2, -0.15) is 0 Å². The summed E-state index contributed by atoms with van der Waals surface area (Å²) >= 11 is 0. The summed E-state index contributed by atoms with van der Waals surface area (Å²) in [6.45, 7) is 0. The molecule has 0 bridgehead atoms. The van der Waals surface area contributed by atoms with Crippen molar-refractivity contribution in [3.63, 3.8) is 0 Å². The predicted octanol–water partition coefficient (Wildman–Crippen LogP) is 5.46. The average molecular weight is 268 g/mol. The monoisotopic (exact) mass is 268 g/mol. The van der Waals surface area contributed by atoms with Crippen molar-refractivity contribution in [3.05, 3.63) is 71.0 Å². The first-order valence-corrected chi connectivity index (χ1v) is 7.65. The van der Waals surface area contributed by atoms with E-state index in [9.17, 15) is 4.39 Å². The molecule has 20 heavy (non-hydrogen) atoms. The molecule has 2 aromatic carbocycles. The molecule has 1 aliphatic rings. The minimum absolute atomic E-state index is 0.101. The third-order valence-corrected chi connectivity index (χ3v) is 4.38. The Morgan fingerprint density at radius 1 is 0.900 bits per heavy atom. The van der Waals surface area contributed by atoms with Crippen molar-refractivity contribution in [3.8, 4) is 0 Å². The van der Waals surface area contributed by atoms with E-state index in [1.807, 2.05) is 12.1 Å². The van der Waals surface area contributed by atoms with Crippen LogP contribution in [0.4, 0.5) is 4.39 Å². The summed E-state index contributed by atoms with van der Waals surface area (Å²) in [5.41, 5.74) is 3.45. The van der Waals surface area contributed by atoms with Crippen LogP contribution in [0.5, 0.6) is 0 Å². The molecule has 0 aliphatic heterocycles. The second-order valence-corrected chi connectivity index (χ2v) is 5.85. The van der Waals surface area contributed by atoms with Gasteiger partial charge in [0.05, 0.1) is 0 Å². The molecule has 0 nitrogen and oxygen atoms in total. The maximum atomic E-state index is 13.7. The molecule has 0 amide bonds. The van der Waals surface area contributed by atoms with Crippen LogP contribution in [0.1, 0.15) is 54.7 Å². The molecule has 104 valence electrons. The zero-order valence-electron chi connectivity index (χ0n) is 11.8. The van der Waals surface area contributed by atoms with E-state index < -0.39 is 0 Å². The molecule has 1 saturated carbocycles. The van der Waals surface area contributed by atoms with Crippen LogP contribution in [0.15, 0.2) is 48.5 Å². The van der Waals surface area contributed by atoms with Gasteiger partial charge in [-0.15, -0.1) is 0 Å². The lowest BCUT2D eigenvalue weighted by Crippen LogP contribution is -2.05. The number of hydrogen-bond donors (Lipinski definition) is 0. The van der Waals surface area contributed by atoms with E-state index in [0.717, 1.165) is 5.56 Å². The van der Waals surface area contributed by atoms with E-state index in [0.29, 0.717) is 12.3 Å². The van der Waals surface area contributed by atoms with Crippen LogP contribution in [-0.2, 0) is 6.42 Å². The SMILES string of the molecule is Fc1ccccc1Cc1cccc(C2CCCCC2)c1. The van der Waals surface area contributed by atoms with E-state index in [-0.39, 0.29) is 5.82 Å². The topological polar surface area (TPSA) is 0 Å². The molecule has 0 unspecified atom stereocenters. The fourth-order valence-corrected chi connectivity index (χ4v) is 3.25. The predicted molar refractivity (Wildman–Crippen MR) is 81.5 cm³/mol. The summed E-state index contributed by atoms with van der Waals surface area (Å²) in [5.74, 6) is 0.611. The van der Waals surface area contributed by atoms with Crippen LogP contribution in [0.2, 0.25) is 0 Å². The molecule has 0 saturated heterocycles. The van der Waals surface area contributed by atoms with Crippen molar-refractivity contribution >= 4 is 0 Å². The lowest BCUT2D eigenvalue weighted by molar-refractivity contribution is 0.443. The molecule has 1 fully saturated rings. The summed E-state index contributed by atoms with van der Waals surface area (Å²) in [6.07, 6.45) is 7.38. The molecule has 0 aromatic heterocycles. The third-order valence-electron chi connectivity index (χ3n) is 4.38. The van der Waals surface area contributed by atoms with Gasteiger partial charge >= 0.3 is 0 Å². The van der Waals surface area contributed by atoms with Crippen molar-refractivity contribution in [2.75, 3.05) is 0 Å². The van der Waals surface area contributed by atoms with E-state index in [1.165, 1.54) is 43.2 Å². The Morgan fingerprint density at radius 2 is 1.70 bits per heavy atom. The Morgan fingerprint density at radius 3 is 2.50 bits per heavy atom. The van der Waals surface area contributed by atoms with E-state index >= 15 is 0 Å². The van der Waals surface area contributed by atoms with Crippen molar-refractivity contribution in [2.45, 2.75) is 44.4 Å². The highest BCUT2D eigenvalue weighted by Crippen LogP contribution is 2.33. The summed E-state index contributed by atoms with van der Waals surface area (Å²) in [5, 5.41) is 0. The summed E-state index contributed by atoms with van der Waals surface area (Å²) in [7, 11) is 0. The van der Waals surface area contributed by atoms with Gasteiger partial charge in [-0.05, 0) is 41.5 Å². The largest absolute Gasteiger partial charge is 0.207 e. The molecule has 3 rings (SSSR count). The minimum atomic E-state index is -0.101. The van der Waals surface area contributed by atoms with E-state index in [2.05, 4.69) is 24.3 Å². The summed E-state index contributed by atoms with van der Waals surface area (Å²) in [4.78, 5) is 0. The lowest BCUT2D eigenvalue weighted by Gasteiger charge is -2.22. The maximum absolute atomic E-state index is 13.7. The highest BCUT2D eigenvalue weighted by Gasteiger charge is 2.15. The van der Waals surface area contributed by atoms with Crippen LogP contribution in [0.25, 0.3) is 0 Å². The van der Waals surface area contributed by atoms with Gasteiger partial charge in [0.15, 0.2) is 0 Å². The van der Waals surface area contributed by atoms with Crippen molar-refractivity contribution in [1.29, 1.82) is 0 Å². The molecular weight excluding hydrogens is 247 g/mol. The van der Waals surface area contributed by atoms with Crippen LogP contribution in [0.3, 0.4) is 0 Å². The second-order valence-electron chi connectivity index (χ2n) is 5.85. The standard InChI is InChI=1S/C19H21F/c20-19-12-5-4-10-18(19)14-15-7-6-11-17(13-15)16-8-2-1-3-9-16/h4-7,10-13,16H,1-3,8-9,14H2. The van der Waals surface area contributed by atoms with Gasteiger partial charge in [-0.3, -0.25) is 0 Å². The molecule has 0 spiro atoms. The first-order valence-electron chi connectivity index (χ1n) is 7.65. The van der Waals surface area contributed by atoms with Gasteiger partial charge in [0.2, 0.25) is 0 Å². The zero-order valence-corrected chi connectivity index (χ0v) is 11.8. The molecule has 0 atom stereocenters. The van der Waals surface area contributed by atoms with Crippen LogP contribution >= 0.6 is 0 Å². The van der Waals surface area contributed by atoms with Crippen molar-refractivity contribution in [2.24, 2.45) is 0 Å². The Hall–Kier alpha value is -1.63. The van der Waals surface area contributed by atoms with Crippen LogP contribution in [0, 0.1) is 5.82 Å². The summed E-state index contributed by atoms with van der Waals surface area (Å²) < 4.78 is 13.7. The molecule has 0 heterocycles. The Kier molecular flexibility index (Phi) is 4.15. The maximum Gasteiger partial charge on any atom is 0.126 e. The third kappa shape index (κ3) is 3.09. The Bertz CT molecular complexity index is 567. The molecule has 1 heteroatoms. The van der Waals surface area contributed by atoms with E-state index in [4.69, 9.17) is 0 Å². The smallest absolute Gasteiger partial charge is 0.126 e. The molecule has 1 aliphatic carbocycles. The molecule has 2 aromatic rings. The first-order chi connectivity index (χ1) is 9.83. The number of benzene rings is 2. The fourth-order valence-electron chi connectivity index (χ4n) is 3.25. The van der Waals surface area contributed by atoms with E-state index in [1.54, 1.807) is 12.1 Å². The number of halogens is 1. The normalized spacial score (nSPS) is 16.2.